The van der Waals surface area contributed by atoms with E-state index in [0.29, 0.717) is 13.2 Å². The summed E-state index contributed by atoms with van der Waals surface area (Å²) in [4.78, 5) is 6.46. The first kappa shape index (κ1) is 24.9. The summed E-state index contributed by atoms with van der Waals surface area (Å²) < 4.78 is 15.8. The molecule has 0 heterocycles. The van der Waals surface area contributed by atoms with Crippen LogP contribution in [0.25, 0.3) is 0 Å². The molecule has 0 radical (unpaired) electrons. The Labute approximate surface area is 174 Å². The van der Waals surface area contributed by atoms with E-state index in [-0.39, 0.29) is 24.0 Å². The van der Waals surface area contributed by atoms with Crippen LogP contribution in [-0.2, 0) is 9.47 Å². The molecular weight excluding hydrogens is 447 g/mol. The van der Waals surface area contributed by atoms with Gasteiger partial charge in [0.15, 0.2) is 5.96 Å². The summed E-state index contributed by atoms with van der Waals surface area (Å²) in [7, 11) is 7.24. The molecule has 26 heavy (non-hydrogen) atoms. The fourth-order valence-corrected chi connectivity index (χ4v) is 2.10. The summed E-state index contributed by atoms with van der Waals surface area (Å²) >= 11 is 0. The zero-order valence-corrected chi connectivity index (χ0v) is 18.6. The predicted octanol–water partition coefficient (Wildman–Crippen LogP) is 2.29. The van der Waals surface area contributed by atoms with Gasteiger partial charge < -0.3 is 29.7 Å². The van der Waals surface area contributed by atoms with Gasteiger partial charge in [-0.25, -0.2) is 0 Å². The van der Waals surface area contributed by atoms with Crippen LogP contribution in [0.2, 0.25) is 0 Å². The third-order valence-corrected chi connectivity index (χ3v) is 3.55. The molecule has 0 bridgehead atoms. The Morgan fingerprint density at radius 1 is 1.12 bits per heavy atom. The molecule has 0 unspecified atom stereocenters. The fraction of sp³-hybridized carbons (Fsp3) is 0.611. The number of methoxy groups -OCH3 is 2. The van der Waals surface area contributed by atoms with Gasteiger partial charge in [0.2, 0.25) is 0 Å². The molecule has 0 atom stereocenters. The van der Waals surface area contributed by atoms with Crippen LogP contribution in [0.15, 0.2) is 29.3 Å². The van der Waals surface area contributed by atoms with E-state index in [4.69, 9.17) is 14.2 Å². The van der Waals surface area contributed by atoms with Crippen molar-refractivity contribution >= 4 is 35.6 Å². The number of nitrogens with one attached hydrogen (secondary N) is 2. The molecule has 0 aromatic heterocycles. The highest BCUT2D eigenvalue weighted by Gasteiger charge is 2.03. The van der Waals surface area contributed by atoms with Crippen LogP contribution in [0.1, 0.15) is 6.42 Å². The van der Waals surface area contributed by atoms with E-state index < -0.39 is 0 Å². The number of halogens is 1. The van der Waals surface area contributed by atoms with Crippen LogP contribution >= 0.6 is 24.0 Å². The summed E-state index contributed by atoms with van der Waals surface area (Å²) in [5, 5.41) is 6.58. The highest BCUT2D eigenvalue weighted by atomic mass is 127. The van der Waals surface area contributed by atoms with Gasteiger partial charge in [-0.05, 0) is 19.2 Å². The molecule has 0 amide bonds. The van der Waals surface area contributed by atoms with Gasteiger partial charge in [-0.1, -0.05) is 6.07 Å². The van der Waals surface area contributed by atoms with Gasteiger partial charge >= 0.3 is 0 Å². The summed E-state index contributed by atoms with van der Waals surface area (Å²) in [5.41, 5.74) is 0.935. The number of benzene rings is 1. The van der Waals surface area contributed by atoms with Crippen molar-refractivity contribution in [1.82, 2.24) is 10.2 Å². The Morgan fingerprint density at radius 2 is 1.88 bits per heavy atom. The highest BCUT2D eigenvalue weighted by molar-refractivity contribution is 14.0. The molecule has 1 aromatic carbocycles. The van der Waals surface area contributed by atoms with Gasteiger partial charge in [0, 0.05) is 65.7 Å². The van der Waals surface area contributed by atoms with Crippen LogP contribution in [0.4, 0.5) is 5.69 Å². The van der Waals surface area contributed by atoms with Gasteiger partial charge in [-0.3, -0.25) is 4.99 Å². The molecule has 1 aromatic rings. The van der Waals surface area contributed by atoms with Gasteiger partial charge in [0.05, 0.1) is 13.2 Å². The van der Waals surface area contributed by atoms with Crippen LogP contribution in [0.3, 0.4) is 0 Å². The second-order valence-corrected chi connectivity index (χ2v) is 5.64. The largest absolute Gasteiger partial charge is 0.493 e. The first-order valence-electron chi connectivity index (χ1n) is 8.56. The predicted molar refractivity (Wildman–Crippen MR) is 118 cm³/mol. The average molecular weight is 480 g/mol. The van der Waals surface area contributed by atoms with Crippen molar-refractivity contribution in [2.45, 2.75) is 6.42 Å². The minimum atomic E-state index is 0. The first-order valence-corrected chi connectivity index (χ1v) is 8.56. The quantitative estimate of drug-likeness (QED) is 0.207. The van der Waals surface area contributed by atoms with Gasteiger partial charge in [0.25, 0.3) is 0 Å². The Kier molecular flexibility index (Phi) is 15.4. The van der Waals surface area contributed by atoms with E-state index in [1.54, 1.807) is 21.3 Å². The van der Waals surface area contributed by atoms with Crippen LogP contribution < -0.4 is 15.4 Å². The smallest absolute Gasteiger partial charge is 0.195 e. The first-order chi connectivity index (χ1) is 12.2. The number of ether oxygens (including phenoxy) is 3. The summed E-state index contributed by atoms with van der Waals surface area (Å²) in [6.07, 6.45) is 0.869. The number of rotatable bonds is 12. The third kappa shape index (κ3) is 11.5. The zero-order chi connectivity index (χ0) is 18.3. The minimum absolute atomic E-state index is 0. The minimum Gasteiger partial charge on any atom is -0.493 e. The average Bonchev–Trinajstić information content (AvgIpc) is 2.63. The Morgan fingerprint density at radius 3 is 2.58 bits per heavy atom. The monoisotopic (exact) mass is 480 g/mol. The molecule has 0 saturated carbocycles. The van der Waals surface area contributed by atoms with Crippen molar-refractivity contribution in [2.75, 3.05) is 73.1 Å². The van der Waals surface area contributed by atoms with Gasteiger partial charge in [-0.2, -0.15) is 0 Å². The Balaban J connectivity index is 0.00000625. The maximum Gasteiger partial charge on any atom is 0.195 e. The van der Waals surface area contributed by atoms with E-state index >= 15 is 0 Å². The number of guanidine groups is 1. The normalized spacial score (nSPS) is 11.2. The van der Waals surface area contributed by atoms with Crippen molar-refractivity contribution in [3.8, 4) is 5.75 Å². The fourth-order valence-electron chi connectivity index (χ4n) is 2.10. The highest BCUT2D eigenvalue weighted by Crippen LogP contribution is 2.17. The molecule has 2 N–H and O–H groups in total. The second-order valence-electron chi connectivity index (χ2n) is 5.64. The maximum absolute atomic E-state index is 5.72. The second kappa shape index (κ2) is 16.1. The van der Waals surface area contributed by atoms with Gasteiger partial charge in [0.1, 0.15) is 5.75 Å². The van der Waals surface area contributed by atoms with E-state index in [1.807, 2.05) is 24.3 Å². The number of hydrogen-bond acceptors (Lipinski definition) is 5. The molecule has 0 spiro atoms. The van der Waals surface area contributed by atoms with Crippen molar-refractivity contribution in [1.29, 1.82) is 0 Å². The zero-order valence-electron chi connectivity index (χ0n) is 16.3. The maximum atomic E-state index is 5.72. The van der Waals surface area contributed by atoms with Crippen molar-refractivity contribution in [3.63, 3.8) is 0 Å². The van der Waals surface area contributed by atoms with Crippen molar-refractivity contribution in [2.24, 2.45) is 4.99 Å². The van der Waals surface area contributed by atoms with Gasteiger partial charge in [-0.15, -0.1) is 24.0 Å². The molecule has 8 heteroatoms. The number of hydrogen-bond donors (Lipinski definition) is 2. The van der Waals surface area contributed by atoms with Crippen LogP contribution in [0.5, 0.6) is 5.75 Å². The number of anilines is 1. The molecule has 0 saturated heterocycles. The standard InChI is InChI=1S/C18H32N4O3.HI/c1-19-18(20-9-10-22(2)11-14-24-4)21-16-7-5-8-17(15-16)25-13-6-12-23-3;/h5,7-8,15H,6,9-14H2,1-4H3,(H2,19,20,21);1H. The molecule has 0 fully saturated rings. The SMILES string of the molecule is CN=C(NCCN(C)CCOC)Nc1cccc(OCCCOC)c1.I. The van der Waals surface area contributed by atoms with E-state index in [9.17, 15) is 0 Å². The Hall–Kier alpha value is -1.10. The third-order valence-electron chi connectivity index (χ3n) is 3.55. The number of nitrogens with zero attached hydrogens (tertiary/aromatic N) is 2. The van der Waals surface area contributed by atoms with Crippen LogP contribution in [0, 0.1) is 0 Å². The summed E-state index contributed by atoms with van der Waals surface area (Å²) in [5.74, 6) is 1.56. The van der Waals surface area contributed by atoms with E-state index in [1.165, 1.54) is 0 Å². The number of aliphatic imine (C=N–C) groups is 1. The van der Waals surface area contributed by atoms with Crippen LogP contribution in [-0.4, -0.2) is 78.6 Å². The van der Waals surface area contributed by atoms with E-state index in [0.717, 1.165) is 50.1 Å². The molecule has 0 aliphatic heterocycles. The Bertz CT molecular complexity index is 503. The lowest BCUT2D eigenvalue weighted by molar-refractivity contribution is 0.162. The summed E-state index contributed by atoms with van der Waals surface area (Å²) in [6.45, 7) is 4.69. The molecule has 0 aliphatic rings. The lowest BCUT2D eigenvalue weighted by Gasteiger charge is -2.18. The molecular formula is C18H33IN4O3. The lowest BCUT2D eigenvalue weighted by Crippen LogP contribution is -2.37. The number of likely N-dealkylation sites (N-methyl/N-ethyl adjacent to an activating group) is 1. The topological polar surface area (TPSA) is 67.4 Å². The molecule has 0 aliphatic carbocycles. The van der Waals surface area contributed by atoms with Crippen molar-refractivity contribution < 1.29 is 14.2 Å². The molecule has 150 valence electrons. The van der Waals surface area contributed by atoms with E-state index in [2.05, 4.69) is 27.6 Å². The lowest BCUT2D eigenvalue weighted by atomic mass is 10.3. The van der Waals surface area contributed by atoms with Crippen molar-refractivity contribution in [3.05, 3.63) is 24.3 Å². The summed E-state index contributed by atoms with van der Waals surface area (Å²) in [6, 6.07) is 7.85. The molecule has 1 rings (SSSR count). The molecule has 7 nitrogen and oxygen atoms in total.